The monoisotopic (exact) mass is 367 g/mol. The number of amides is 1. The van der Waals surface area contributed by atoms with Crippen molar-refractivity contribution in [2.75, 3.05) is 45.9 Å². The summed E-state index contributed by atoms with van der Waals surface area (Å²) in [6, 6.07) is 6.25. The van der Waals surface area contributed by atoms with Crippen LogP contribution < -0.4 is 10.6 Å². The highest BCUT2D eigenvalue weighted by Crippen LogP contribution is 2.18. The van der Waals surface area contributed by atoms with Gasteiger partial charge in [-0.1, -0.05) is 6.07 Å². The van der Waals surface area contributed by atoms with E-state index in [1.807, 2.05) is 0 Å². The van der Waals surface area contributed by atoms with Gasteiger partial charge in [-0.2, -0.15) is 4.31 Å². The molecular weight excluding hydrogens is 342 g/mol. The van der Waals surface area contributed by atoms with Gasteiger partial charge < -0.3 is 15.4 Å². The maximum atomic E-state index is 12.7. The van der Waals surface area contributed by atoms with Gasteiger partial charge in [-0.15, -0.1) is 0 Å². The van der Waals surface area contributed by atoms with Gasteiger partial charge in [0.25, 0.3) is 5.91 Å². The minimum atomic E-state index is -3.59. The lowest BCUT2D eigenvalue weighted by Gasteiger charge is -2.26. The van der Waals surface area contributed by atoms with E-state index in [-0.39, 0.29) is 10.8 Å². The van der Waals surface area contributed by atoms with Gasteiger partial charge in [0.2, 0.25) is 10.0 Å². The van der Waals surface area contributed by atoms with Crippen molar-refractivity contribution in [1.29, 1.82) is 0 Å². The maximum absolute atomic E-state index is 12.7. The van der Waals surface area contributed by atoms with Gasteiger partial charge in [0.15, 0.2) is 0 Å². The van der Waals surface area contributed by atoms with E-state index < -0.39 is 10.0 Å². The second kappa shape index (κ2) is 8.27. The highest BCUT2D eigenvalue weighted by molar-refractivity contribution is 7.89. The number of rotatable bonds is 5. The summed E-state index contributed by atoms with van der Waals surface area (Å²) in [5, 5.41) is 6.24. The molecule has 2 aliphatic rings. The first-order chi connectivity index (χ1) is 12.1. The Morgan fingerprint density at radius 1 is 1.32 bits per heavy atom. The van der Waals surface area contributed by atoms with Crippen molar-refractivity contribution in [2.45, 2.75) is 17.7 Å². The Labute approximate surface area is 148 Å². The standard InChI is InChI=1S/C17H25N3O4S/c21-17(19-13-14-3-2-6-18-12-14)15-4-1-5-16(11-15)25(22,23)20-7-9-24-10-8-20/h1,4-5,11,14,18H,2-3,6-10,12-13H2,(H,19,21). The lowest BCUT2D eigenvalue weighted by molar-refractivity contribution is 0.0730. The van der Waals surface area contributed by atoms with Gasteiger partial charge in [-0.25, -0.2) is 8.42 Å². The summed E-state index contributed by atoms with van der Waals surface area (Å²) < 4.78 is 32.0. The van der Waals surface area contributed by atoms with E-state index in [9.17, 15) is 13.2 Å². The molecule has 0 spiro atoms. The van der Waals surface area contributed by atoms with E-state index in [1.165, 1.54) is 16.4 Å². The maximum Gasteiger partial charge on any atom is 0.251 e. The van der Waals surface area contributed by atoms with Gasteiger partial charge in [-0.3, -0.25) is 4.79 Å². The van der Waals surface area contributed by atoms with E-state index in [0.29, 0.717) is 44.3 Å². The summed E-state index contributed by atoms with van der Waals surface area (Å²) in [5.41, 5.74) is 0.373. The number of ether oxygens (including phenoxy) is 1. The topological polar surface area (TPSA) is 87.7 Å². The third-order valence-corrected chi connectivity index (χ3v) is 6.55. The Kier molecular flexibility index (Phi) is 6.06. The van der Waals surface area contributed by atoms with Gasteiger partial charge in [0.1, 0.15) is 0 Å². The largest absolute Gasteiger partial charge is 0.379 e. The fraction of sp³-hybridized carbons (Fsp3) is 0.588. The number of piperidine rings is 1. The molecule has 2 heterocycles. The van der Waals surface area contributed by atoms with E-state index in [0.717, 1.165) is 25.9 Å². The number of carbonyl (C=O) groups excluding carboxylic acids is 1. The van der Waals surface area contributed by atoms with Crippen molar-refractivity contribution < 1.29 is 17.9 Å². The molecule has 1 atom stereocenters. The Hall–Kier alpha value is -1.48. The molecule has 0 radical (unpaired) electrons. The molecule has 2 aliphatic heterocycles. The molecule has 3 rings (SSSR count). The number of nitrogens with one attached hydrogen (secondary N) is 2. The minimum Gasteiger partial charge on any atom is -0.379 e. The normalized spacial score (nSPS) is 22.5. The molecule has 0 aliphatic carbocycles. The molecule has 1 aromatic carbocycles. The molecule has 2 saturated heterocycles. The van der Waals surface area contributed by atoms with Crippen LogP contribution in [-0.2, 0) is 14.8 Å². The molecule has 2 N–H and O–H groups in total. The zero-order valence-electron chi connectivity index (χ0n) is 14.2. The summed E-state index contributed by atoms with van der Waals surface area (Å²) >= 11 is 0. The Morgan fingerprint density at radius 2 is 2.12 bits per heavy atom. The number of sulfonamides is 1. The van der Waals surface area contributed by atoms with Crippen LogP contribution in [0.3, 0.4) is 0 Å². The minimum absolute atomic E-state index is 0.154. The predicted molar refractivity (Wildman–Crippen MR) is 93.9 cm³/mol. The lowest BCUT2D eigenvalue weighted by atomic mass is 10.00. The molecule has 1 amide bonds. The van der Waals surface area contributed by atoms with E-state index >= 15 is 0 Å². The molecule has 1 aromatic rings. The number of morpholine rings is 1. The first-order valence-corrected chi connectivity index (χ1v) is 10.2. The fourth-order valence-corrected chi connectivity index (χ4v) is 4.63. The van der Waals surface area contributed by atoms with Crippen molar-refractivity contribution >= 4 is 15.9 Å². The summed E-state index contributed by atoms with van der Waals surface area (Å²) in [6.07, 6.45) is 2.21. The molecule has 0 aromatic heterocycles. The molecule has 0 saturated carbocycles. The van der Waals surface area contributed by atoms with Crippen LogP contribution in [-0.4, -0.2) is 64.6 Å². The summed E-state index contributed by atoms with van der Waals surface area (Å²) in [6.45, 7) is 4.02. The first kappa shape index (κ1) is 18.3. The SMILES string of the molecule is O=C(NCC1CCCNC1)c1cccc(S(=O)(=O)N2CCOCC2)c1. The molecular formula is C17H25N3O4S. The third kappa shape index (κ3) is 4.58. The summed E-state index contributed by atoms with van der Waals surface area (Å²) in [5.74, 6) is 0.197. The summed E-state index contributed by atoms with van der Waals surface area (Å²) in [4.78, 5) is 12.5. The molecule has 0 bridgehead atoms. The van der Waals surface area contributed by atoms with Crippen LogP contribution in [0.1, 0.15) is 23.2 Å². The highest BCUT2D eigenvalue weighted by atomic mass is 32.2. The van der Waals surface area contributed by atoms with Crippen molar-refractivity contribution in [1.82, 2.24) is 14.9 Å². The highest BCUT2D eigenvalue weighted by Gasteiger charge is 2.27. The van der Waals surface area contributed by atoms with E-state index in [2.05, 4.69) is 10.6 Å². The second-order valence-electron chi connectivity index (χ2n) is 6.47. The number of hydrogen-bond acceptors (Lipinski definition) is 5. The lowest BCUT2D eigenvalue weighted by Crippen LogP contribution is -2.40. The number of hydrogen-bond donors (Lipinski definition) is 2. The number of nitrogens with zero attached hydrogens (tertiary/aromatic N) is 1. The van der Waals surface area contributed by atoms with Crippen LogP contribution in [0.5, 0.6) is 0 Å². The van der Waals surface area contributed by atoms with Gasteiger partial charge in [-0.05, 0) is 50.0 Å². The fourth-order valence-electron chi connectivity index (χ4n) is 3.17. The first-order valence-electron chi connectivity index (χ1n) is 8.74. The van der Waals surface area contributed by atoms with Crippen LogP contribution in [0.15, 0.2) is 29.2 Å². The average Bonchev–Trinajstić information content (AvgIpc) is 2.67. The Balaban J connectivity index is 1.66. The van der Waals surface area contributed by atoms with Crippen LogP contribution in [0, 0.1) is 5.92 Å². The van der Waals surface area contributed by atoms with Crippen LogP contribution in [0.2, 0.25) is 0 Å². The zero-order valence-corrected chi connectivity index (χ0v) is 15.1. The Morgan fingerprint density at radius 3 is 2.84 bits per heavy atom. The molecule has 8 heteroatoms. The summed E-state index contributed by atoms with van der Waals surface area (Å²) in [7, 11) is -3.59. The molecule has 1 unspecified atom stereocenters. The number of benzene rings is 1. The third-order valence-electron chi connectivity index (χ3n) is 4.65. The quantitative estimate of drug-likeness (QED) is 0.788. The van der Waals surface area contributed by atoms with Gasteiger partial charge >= 0.3 is 0 Å². The second-order valence-corrected chi connectivity index (χ2v) is 8.40. The number of carbonyl (C=O) groups is 1. The zero-order chi connectivity index (χ0) is 17.7. The molecule has 2 fully saturated rings. The Bertz CT molecular complexity index is 696. The molecule has 7 nitrogen and oxygen atoms in total. The van der Waals surface area contributed by atoms with Crippen LogP contribution >= 0.6 is 0 Å². The average molecular weight is 367 g/mol. The van der Waals surface area contributed by atoms with Crippen LogP contribution in [0.25, 0.3) is 0 Å². The van der Waals surface area contributed by atoms with Crippen LogP contribution in [0.4, 0.5) is 0 Å². The molecule has 138 valence electrons. The predicted octanol–water partition coefficient (Wildman–Crippen LogP) is 0.437. The van der Waals surface area contributed by atoms with E-state index in [1.54, 1.807) is 12.1 Å². The van der Waals surface area contributed by atoms with Crippen molar-refractivity contribution in [2.24, 2.45) is 5.92 Å². The van der Waals surface area contributed by atoms with E-state index in [4.69, 9.17) is 4.74 Å². The van der Waals surface area contributed by atoms with Gasteiger partial charge in [0, 0.05) is 25.2 Å². The smallest absolute Gasteiger partial charge is 0.251 e. The van der Waals surface area contributed by atoms with Crippen molar-refractivity contribution in [3.63, 3.8) is 0 Å². The van der Waals surface area contributed by atoms with Crippen molar-refractivity contribution in [3.05, 3.63) is 29.8 Å². The van der Waals surface area contributed by atoms with Crippen molar-refractivity contribution in [3.8, 4) is 0 Å². The molecule has 25 heavy (non-hydrogen) atoms. The van der Waals surface area contributed by atoms with Gasteiger partial charge in [0.05, 0.1) is 18.1 Å².